The molecule has 1 aromatic carbocycles. The summed E-state index contributed by atoms with van der Waals surface area (Å²) >= 11 is 0. The highest BCUT2D eigenvalue weighted by Gasteiger charge is 2.22. The van der Waals surface area contributed by atoms with E-state index in [4.69, 9.17) is 0 Å². The first-order chi connectivity index (χ1) is 7.83. The molecular formula is C14H19NO. The van der Waals surface area contributed by atoms with E-state index in [1.807, 2.05) is 23.1 Å². The Kier molecular flexibility index (Phi) is 3.60. The van der Waals surface area contributed by atoms with Crippen LogP contribution in [0.5, 0.6) is 0 Å². The van der Waals surface area contributed by atoms with E-state index in [9.17, 15) is 4.79 Å². The third kappa shape index (κ3) is 2.26. The van der Waals surface area contributed by atoms with Gasteiger partial charge in [-0.1, -0.05) is 38.0 Å². The van der Waals surface area contributed by atoms with Crippen LogP contribution in [0.3, 0.4) is 0 Å². The summed E-state index contributed by atoms with van der Waals surface area (Å²) in [6.07, 6.45) is 4.56. The lowest BCUT2D eigenvalue weighted by Gasteiger charge is -2.28. The van der Waals surface area contributed by atoms with Crippen molar-refractivity contribution in [1.29, 1.82) is 0 Å². The van der Waals surface area contributed by atoms with E-state index in [2.05, 4.69) is 13.0 Å². The largest absolute Gasteiger partial charge is 0.338 e. The lowest BCUT2D eigenvalue weighted by Crippen LogP contribution is -2.38. The van der Waals surface area contributed by atoms with Crippen molar-refractivity contribution in [3.8, 4) is 0 Å². The first-order valence-corrected chi connectivity index (χ1v) is 6.20. The molecule has 0 fully saturated rings. The molecule has 0 saturated heterocycles. The van der Waals surface area contributed by atoms with Crippen molar-refractivity contribution in [3.63, 3.8) is 0 Å². The fraction of sp³-hybridized carbons (Fsp3) is 0.500. The molecule has 0 bridgehead atoms. The average molecular weight is 217 g/mol. The van der Waals surface area contributed by atoms with Crippen molar-refractivity contribution in [2.24, 2.45) is 0 Å². The summed E-state index contributed by atoms with van der Waals surface area (Å²) in [4.78, 5) is 14.1. The second-order valence-electron chi connectivity index (χ2n) is 4.41. The fourth-order valence-electron chi connectivity index (χ4n) is 2.24. The van der Waals surface area contributed by atoms with Crippen LogP contribution in [0.1, 0.15) is 42.1 Å². The Morgan fingerprint density at radius 3 is 2.88 bits per heavy atom. The van der Waals surface area contributed by atoms with Crippen LogP contribution < -0.4 is 0 Å². The molecule has 0 radical (unpaired) electrons. The van der Waals surface area contributed by atoms with Crippen molar-refractivity contribution >= 4 is 5.91 Å². The maximum atomic E-state index is 12.1. The Morgan fingerprint density at radius 2 is 2.06 bits per heavy atom. The molecule has 1 aliphatic rings. The number of hydrogen-bond donors (Lipinski definition) is 0. The van der Waals surface area contributed by atoms with Gasteiger partial charge in [-0.25, -0.2) is 0 Å². The van der Waals surface area contributed by atoms with Gasteiger partial charge in [0, 0.05) is 18.7 Å². The molecule has 0 saturated carbocycles. The van der Waals surface area contributed by atoms with Crippen LogP contribution in [0.4, 0.5) is 0 Å². The highest BCUT2D eigenvalue weighted by molar-refractivity contribution is 5.96. The molecule has 0 aliphatic carbocycles. The van der Waals surface area contributed by atoms with Crippen molar-refractivity contribution in [2.45, 2.75) is 32.6 Å². The van der Waals surface area contributed by atoms with E-state index < -0.39 is 0 Å². The van der Waals surface area contributed by atoms with Gasteiger partial charge in [0.25, 0.3) is 5.91 Å². The molecule has 1 aromatic rings. The maximum Gasteiger partial charge on any atom is 0.254 e. The van der Waals surface area contributed by atoms with Crippen LogP contribution in [0.2, 0.25) is 0 Å². The molecule has 0 atom stereocenters. The molecule has 0 spiro atoms. The Hall–Kier alpha value is -1.31. The second kappa shape index (κ2) is 5.15. The van der Waals surface area contributed by atoms with E-state index in [1.54, 1.807) is 0 Å². The van der Waals surface area contributed by atoms with Crippen LogP contribution in [-0.4, -0.2) is 23.9 Å². The standard InChI is InChI=1S/C14H19NO/c1-2-3-6-10-15-11-9-12-7-4-5-8-13(12)14(15)16/h4-5,7-8H,2-3,6,9-11H2,1H3. The normalized spacial score (nSPS) is 15.1. The van der Waals surface area contributed by atoms with Gasteiger partial charge in [-0.3, -0.25) is 4.79 Å². The van der Waals surface area contributed by atoms with E-state index >= 15 is 0 Å². The smallest absolute Gasteiger partial charge is 0.254 e. The number of carbonyl (C=O) groups is 1. The van der Waals surface area contributed by atoms with Crippen molar-refractivity contribution < 1.29 is 4.79 Å². The zero-order valence-corrected chi connectivity index (χ0v) is 9.91. The first-order valence-electron chi connectivity index (χ1n) is 6.20. The van der Waals surface area contributed by atoms with Gasteiger partial charge in [0.1, 0.15) is 0 Å². The number of rotatable bonds is 4. The minimum Gasteiger partial charge on any atom is -0.338 e. The topological polar surface area (TPSA) is 20.3 Å². The number of unbranched alkanes of at least 4 members (excludes halogenated alkanes) is 2. The molecule has 1 amide bonds. The predicted octanol–water partition coefficient (Wildman–Crippen LogP) is 2.88. The molecule has 0 unspecified atom stereocenters. The van der Waals surface area contributed by atoms with Gasteiger partial charge >= 0.3 is 0 Å². The van der Waals surface area contributed by atoms with E-state index in [0.717, 1.165) is 31.5 Å². The molecule has 1 heterocycles. The Balaban J connectivity index is 2.03. The molecule has 0 aromatic heterocycles. The number of hydrogen-bond acceptors (Lipinski definition) is 1. The predicted molar refractivity (Wildman–Crippen MR) is 65.6 cm³/mol. The highest BCUT2D eigenvalue weighted by atomic mass is 16.2. The summed E-state index contributed by atoms with van der Waals surface area (Å²) < 4.78 is 0. The average Bonchev–Trinajstić information content (AvgIpc) is 2.33. The van der Waals surface area contributed by atoms with E-state index in [-0.39, 0.29) is 5.91 Å². The van der Waals surface area contributed by atoms with Gasteiger partial charge in [0.05, 0.1) is 0 Å². The zero-order valence-electron chi connectivity index (χ0n) is 9.91. The highest BCUT2D eigenvalue weighted by Crippen LogP contribution is 2.18. The number of benzene rings is 1. The summed E-state index contributed by atoms with van der Waals surface area (Å²) in [5, 5.41) is 0. The summed E-state index contributed by atoms with van der Waals surface area (Å²) in [5.74, 6) is 0.220. The fourth-order valence-corrected chi connectivity index (χ4v) is 2.24. The number of carbonyl (C=O) groups excluding carboxylic acids is 1. The quantitative estimate of drug-likeness (QED) is 0.710. The molecular weight excluding hydrogens is 198 g/mol. The lowest BCUT2D eigenvalue weighted by atomic mass is 9.99. The van der Waals surface area contributed by atoms with Crippen molar-refractivity contribution in [2.75, 3.05) is 13.1 Å². The monoisotopic (exact) mass is 217 g/mol. The first kappa shape index (κ1) is 11.2. The third-order valence-electron chi connectivity index (χ3n) is 3.22. The molecule has 2 nitrogen and oxygen atoms in total. The minimum absolute atomic E-state index is 0.220. The molecule has 86 valence electrons. The van der Waals surface area contributed by atoms with Crippen LogP contribution in [-0.2, 0) is 6.42 Å². The number of amides is 1. The van der Waals surface area contributed by atoms with Gasteiger partial charge in [-0.15, -0.1) is 0 Å². The van der Waals surface area contributed by atoms with Gasteiger partial charge in [0.2, 0.25) is 0 Å². The van der Waals surface area contributed by atoms with Gasteiger partial charge in [-0.2, -0.15) is 0 Å². The van der Waals surface area contributed by atoms with E-state index in [0.29, 0.717) is 0 Å². The molecule has 2 heteroatoms. The van der Waals surface area contributed by atoms with Crippen LogP contribution in [0.25, 0.3) is 0 Å². The van der Waals surface area contributed by atoms with Crippen LogP contribution in [0, 0.1) is 0 Å². The molecule has 1 aliphatic heterocycles. The Labute approximate surface area is 97.3 Å². The summed E-state index contributed by atoms with van der Waals surface area (Å²) in [6.45, 7) is 3.99. The summed E-state index contributed by atoms with van der Waals surface area (Å²) in [5.41, 5.74) is 2.12. The SMILES string of the molecule is CCCCCN1CCc2ccccc2C1=O. The number of nitrogens with zero attached hydrogens (tertiary/aromatic N) is 1. The molecule has 2 rings (SSSR count). The summed E-state index contributed by atoms with van der Waals surface area (Å²) in [7, 11) is 0. The summed E-state index contributed by atoms with van der Waals surface area (Å²) in [6, 6.07) is 7.98. The lowest BCUT2D eigenvalue weighted by molar-refractivity contribution is 0.0737. The zero-order chi connectivity index (χ0) is 11.4. The Bertz CT molecular complexity index is 373. The minimum atomic E-state index is 0.220. The van der Waals surface area contributed by atoms with E-state index in [1.165, 1.54) is 18.4 Å². The maximum absolute atomic E-state index is 12.1. The van der Waals surface area contributed by atoms with Crippen LogP contribution in [0.15, 0.2) is 24.3 Å². The van der Waals surface area contributed by atoms with Crippen LogP contribution >= 0.6 is 0 Å². The van der Waals surface area contributed by atoms with Gasteiger partial charge in [-0.05, 0) is 24.5 Å². The molecule has 0 N–H and O–H groups in total. The molecule has 16 heavy (non-hydrogen) atoms. The second-order valence-corrected chi connectivity index (χ2v) is 4.41. The van der Waals surface area contributed by atoms with Crippen molar-refractivity contribution in [1.82, 2.24) is 4.90 Å². The van der Waals surface area contributed by atoms with Gasteiger partial charge < -0.3 is 4.90 Å². The third-order valence-corrected chi connectivity index (χ3v) is 3.22. The van der Waals surface area contributed by atoms with Gasteiger partial charge in [0.15, 0.2) is 0 Å². The van der Waals surface area contributed by atoms with Crippen molar-refractivity contribution in [3.05, 3.63) is 35.4 Å². The Morgan fingerprint density at radius 1 is 1.25 bits per heavy atom. The number of fused-ring (bicyclic) bond motifs is 1.